The summed E-state index contributed by atoms with van der Waals surface area (Å²) in [5, 5.41) is 13.1. The summed E-state index contributed by atoms with van der Waals surface area (Å²) in [6.07, 6.45) is 2.52. The Kier molecular flexibility index (Phi) is 4.29. The van der Waals surface area contributed by atoms with Gasteiger partial charge in [-0.2, -0.15) is 0 Å². The molecule has 4 heteroatoms. The highest BCUT2D eigenvalue weighted by atomic mass is 16.4. The summed E-state index contributed by atoms with van der Waals surface area (Å²) in [5.74, 6) is -0.631. The Morgan fingerprint density at radius 2 is 1.85 bits per heavy atom. The predicted octanol–water partition coefficient (Wildman–Crippen LogP) is 4.54. The van der Waals surface area contributed by atoms with Crippen LogP contribution in [0.3, 0.4) is 0 Å². The second kappa shape index (κ2) is 6.52. The molecule has 2 aromatic rings. The number of carboxylic acid groups (broad SMARTS) is 1. The van der Waals surface area contributed by atoms with Crippen LogP contribution in [0.1, 0.15) is 53.0 Å². The SMILES string of the molecule is Cc1ccc(-c2c(C)c3c(c(C)c2CC(=O)O)NC2CCCC(=O)C32)cc1. The number of aryl methyl sites for hydroxylation is 1. The van der Waals surface area contributed by atoms with Crippen molar-refractivity contribution in [2.45, 2.75) is 58.4 Å². The second-order valence-corrected chi connectivity index (χ2v) is 7.92. The molecule has 1 saturated carbocycles. The Bertz CT molecular complexity index is 943. The van der Waals surface area contributed by atoms with Crippen molar-refractivity contribution in [3.63, 3.8) is 0 Å². The molecule has 0 aromatic heterocycles. The van der Waals surface area contributed by atoms with Gasteiger partial charge in [-0.05, 0) is 67.0 Å². The Balaban J connectivity index is 1.99. The minimum absolute atomic E-state index is 0.0197. The molecule has 0 saturated heterocycles. The van der Waals surface area contributed by atoms with Crippen molar-refractivity contribution in [2.24, 2.45) is 0 Å². The maximum absolute atomic E-state index is 12.7. The van der Waals surface area contributed by atoms with Crippen molar-refractivity contribution in [1.29, 1.82) is 0 Å². The predicted molar refractivity (Wildman–Crippen MR) is 106 cm³/mol. The van der Waals surface area contributed by atoms with E-state index in [1.54, 1.807) is 0 Å². The monoisotopic (exact) mass is 363 g/mol. The van der Waals surface area contributed by atoms with Crippen LogP contribution in [0.5, 0.6) is 0 Å². The first-order valence-corrected chi connectivity index (χ1v) is 9.62. The van der Waals surface area contributed by atoms with Gasteiger partial charge in [-0.15, -0.1) is 0 Å². The van der Waals surface area contributed by atoms with E-state index in [4.69, 9.17) is 0 Å². The Hall–Kier alpha value is -2.62. The lowest BCUT2D eigenvalue weighted by atomic mass is 9.77. The molecule has 2 aromatic carbocycles. The number of carbonyl (C=O) groups excluding carboxylic acids is 1. The first-order valence-electron chi connectivity index (χ1n) is 9.62. The molecule has 0 bridgehead atoms. The number of benzene rings is 2. The van der Waals surface area contributed by atoms with Crippen molar-refractivity contribution in [1.82, 2.24) is 0 Å². The van der Waals surface area contributed by atoms with E-state index in [-0.39, 0.29) is 18.4 Å². The molecule has 2 aliphatic rings. The van der Waals surface area contributed by atoms with Gasteiger partial charge in [0.1, 0.15) is 5.78 Å². The van der Waals surface area contributed by atoms with Crippen LogP contribution >= 0.6 is 0 Å². The number of Topliss-reactive ketones (excluding diaryl/α,β-unsaturated/α-hetero) is 1. The topological polar surface area (TPSA) is 66.4 Å². The molecule has 0 radical (unpaired) electrons. The van der Waals surface area contributed by atoms with E-state index >= 15 is 0 Å². The number of nitrogens with one attached hydrogen (secondary N) is 1. The number of carbonyl (C=O) groups is 2. The van der Waals surface area contributed by atoms with Crippen LogP contribution in [0, 0.1) is 20.8 Å². The molecule has 140 valence electrons. The van der Waals surface area contributed by atoms with Crippen LogP contribution < -0.4 is 5.32 Å². The number of hydrogen-bond donors (Lipinski definition) is 2. The van der Waals surface area contributed by atoms with Gasteiger partial charge in [0.05, 0.1) is 12.3 Å². The van der Waals surface area contributed by atoms with Gasteiger partial charge in [0.25, 0.3) is 0 Å². The number of ketones is 1. The fourth-order valence-electron chi connectivity index (χ4n) is 4.89. The minimum Gasteiger partial charge on any atom is -0.481 e. The summed E-state index contributed by atoms with van der Waals surface area (Å²) in [5.41, 5.74) is 8.11. The van der Waals surface area contributed by atoms with Crippen LogP contribution in [0.15, 0.2) is 24.3 Å². The average molecular weight is 363 g/mol. The maximum Gasteiger partial charge on any atom is 0.307 e. The van der Waals surface area contributed by atoms with E-state index < -0.39 is 5.97 Å². The molecular weight excluding hydrogens is 338 g/mol. The maximum atomic E-state index is 12.7. The van der Waals surface area contributed by atoms with Crippen LogP contribution in [-0.2, 0) is 16.0 Å². The molecule has 2 unspecified atom stereocenters. The van der Waals surface area contributed by atoms with Crippen molar-refractivity contribution < 1.29 is 14.7 Å². The molecule has 27 heavy (non-hydrogen) atoms. The van der Waals surface area contributed by atoms with E-state index in [1.165, 1.54) is 5.56 Å². The lowest BCUT2D eigenvalue weighted by Gasteiger charge is -2.25. The third-order valence-electron chi connectivity index (χ3n) is 6.17. The van der Waals surface area contributed by atoms with Crippen LogP contribution in [0.4, 0.5) is 5.69 Å². The summed E-state index contributed by atoms with van der Waals surface area (Å²) >= 11 is 0. The Morgan fingerprint density at radius 3 is 2.52 bits per heavy atom. The fraction of sp³-hybridized carbons (Fsp3) is 0.391. The van der Waals surface area contributed by atoms with Gasteiger partial charge < -0.3 is 10.4 Å². The number of fused-ring (bicyclic) bond motifs is 3. The molecule has 1 aliphatic carbocycles. The highest BCUT2D eigenvalue weighted by Crippen LogP contribution is 2.49. The van der Waals surface area contributed by atoms with Crippen LogP contribution in [-0.4, -0.2) is 22.9 Å². The van der Waals surface area contributed by atoms with E-state index in [1.807, 2.05) is 20.8 Å². The van der Waals surface area contributed by atoms with Gasteiger partial charge in [-0.25, -0.2) is 0 Å². The van der Waals surface area contributed by atoms with Gasteiger partial charge >= 0.3 is 5.97 Å². The van der Waals surface area contributed by atoms with Crippen LogP contribution in [0.2, 0.25) is 0 Å². The lowest BCUT2D eigenvalue weighted by Crippen LogP contribution is -2.31. The van der Waals surface area contributed by atoms with Gasteiger partial charge in [0.15, 0.2) is 0 Å². The molecule has 1 aliphatic heterocycles. The molecular formula is C23H25NO3. The molecule has 1 heterocycles. The largest absolute Gasteiger partial charge is 0.481 e. The fourth-order valence-corrected chi connectivity index (χ4v) is 4.89. The first-order chi connectivity index (χ1) is 12.9. The van der Waals surface area contributed by atoms with Crippen molar-refractivity contribution >= 4 is 17.4 Å². The highest BCUT2D eigenvalue weighted by Gasteiger charge is 2.42. The number of hydrogen-bond acceptors (Lipinski definition) is 3. The number of aliphatic carboxylic acids is 1. The number of carboxylic acids is 1. The quantitative estimate of drug-likeness (QED) is 0.840. The van der Waals surface area contributed by atoms with Gasteiger partial charge in [0.2, 0.25) is 0 Å². The normalized spacial score (nSPS) is 20.8. The molecule has 2 atom stereocenters. The summed E-state index contributed by atoms with van der Waals surface area (Å²) in [6, 6.07) is 8.35. The third kappa shape index (κ3) is 2.84. The smallest absolute Gasteiger partial charge is 0.307 e. The van der Waals surface area contributed by atoms with Gasteiger partial charge in [-0.1, -0.05) is 29.8 Å². The van der Waals surface area contributed by atoms with E-state index in [0.29, 0.717) is 12.2 Å². The number of rotatable bonds is 3. The molecule has 1 fully saturated rings. The van der Waals surface area contributed by atoms with E-state index in [0.717, 1.165) is 51.9 Å². The number of anilines is 1. The third-order valence-corrected chi connectivity index (χ3v) is 6.17. The molecule has 0 amide bonds. The van der Waals surface area contributed by atoms with Gasteiger partial charge in [-0.3, -0.25) is 9.59 Å². The standard InChI is InChI=1S/C23H25NO3/c1-12-7-9-15(10-8-12)20-14(3)21-22-17(5-4-6-18(22)25)24-23(21)13(2)16(20)11-19(26)27/h7-10,17,22,24H,4-6,11H2,1-3H3,(H,26,27). The minimum atomic E-state index is -0.836. The highest BCUT2D eigenvalue weighted by molar-refractivity contribution is 5.95. The lowest BCUT2D eigenvalue weighted by molar-refractivity contribution is -0.136. The van der Waals surface area contributed by atoms with Gasteiger partial charge in [0, 0.05) is 18.2 Å². The van der Waals surface area contributed by atoms with E-state index in [2.05, 4.69) is 29.6 Å². The molecule has 0 spiro atoms. The van der Waals surface area contributed by atoms with Crippen molar-refractivity contribution in [2.75, 3.05) is 5.32 Å². The first kappa shape index (κ1) is 17.8. The van der Waals surface area contributed by atoms with Crippen LogP contribution in [0.25, 0.3) is 11.1 Å². The zero-order chi connectivity index (χ0) is 19.3. The summed E-state index contributed by atoms with van der Waals surface area (Å²) in [6.45, 7) is 6.08. The van der Waals surface area contributed by atoms with Crippen molar-refractivity contribution in [3.8, 4) is 11.1 Å². The summed E-state index contributed by atoms with van der Waals surface area (Å²) in [4.78, 5) is 24.3. The Morgan fingerprint density at radius 1 is 1.15 bits per heavy atom. The second-order valence-electron chi connectivity index (χ2n) is 7.92. The molecule has 4 rings (SSSR count). The zero-order valence-corrected chi connectivity index (χ0v) is 16.1. The van der Waals surface area contributed by atoms with Crippen molar-refractivity contribution in [3.05, 3.63) is 52.1 Å². The summed E-state index contributed by atoms with van der Waals surface area (Å²) < 4.78 is 0. The molecule has 2 N–H and O–H groups in total. The summed E-state index contributed by atoms with van der Waals surface area (Å²) in [7, 11) is 0. The zero-order valence-electron chi connectivity index (χ0n) is 16.1. The average Bonchev–Trinajstić information content (AvgIpc) is 3.02. The molecule has 4 nitrogen and oxygen atoms in total. The Labute approximate surface area is 159 Å². The van der Waals surface area contributed by atoms with E-state index in [9.17, 15) is 14.7 Å².